The van der Waals surface area contributed by atoms with Crippen molar-refractivity contribution in [2.75, 3.05) is 20.3 Å². The van der Waals surface area contributed by atoms with Gasteiger partial charge in [0.1, 0.15) is 0 Å². The third-order valence-corrected chi connectivity index (χ3v) is 2.15. The topological polar surface area (TPSA) is 87.7 Å². The minimum atomic E-state index is -0.774. The minimum Gasteiger partial charge on any atom is -0.481 e. The van der Waals surface area contributed by atoms with E-state index in [0.717, 1.165) is 12.8 Å². The molecule has 1 unspecified atom stereocenters. The van der Waals surface area contributed by atoms with Gasteiger partial charge in [-0.05, 0) is 19.8 Å². The smallest absolute Gasteiger partial charge is 0.315 e. The first kappa shape index (κ1) is 15.7. The van der Waals surface area contributed by atoms with E-state index in [1.807, 2.05) is 6.92 Å². The summed E-state index contributed by atoms with van der Waals surface area (Å²) in [6, 6.07) is -0.236. The molecule has 1 atom stereocenters. The summed E-state index contributed by atoms with van der Waals surface area (Å²) in [4.78, 5) is 21.5. The molecule has 0 aromatic heterocycles. The van der Waals surface area contributed by atoms with Crippen LogP contribution in [0.15, 0.2) is 0 Å². The van der Waals surface area contributed by atoms with E-state index in [-0.39, 0.29) is 18.5 Å². The molecule has 0 fully saturated rings. The molecule has 6 heteroatoms. The fourth-order valence-electron chi connectivity index (χ4n) is 1.35. The van der Waals surface area contributed by atoms with E-state index < -0.39 is 5.97 Å². The van der Waals surface area contributed by atoms with Crippen molar-refractivity contribution in [3.05, 3.63) is 0 Å². The maximum atomic E-state index is 11.3. The Morgan fingerprint density at radius 1 is 1.29 bits per heavy atom. The number of hydrogen-bond acceptors (Lipinski definition) is 3. The Morgan fingerprint density at radius 2 is 2.00 bits per heavy atom. The number of hydrogen-bond donors (Lipinski definition) is 3. The summed E-state index contributed by atoms with van der Waals surface area (Å²) in [7, 11) is 1.58. The fourth-order valence-corrected chi connectivity index (χ4v) is 1.35. The number of ether oxygens (including phenoxy) is 1. The van der Waals surface area contributed by atoms with Gasteiger partial charge in [-0.3, -0.25) is 4.79 Å². The highest BCUT2D eigenvalue weighted by atomic mass is 16.5. The molecular formula is C11H22N2O4. The van der Waals surface area contributed by atoms with E-state index in [2.05, 4.69) is 10.6 Å². The standard InChI is InChI=1S/C11H22N2O4/c1-9(8-17-2)13-11(16)12-7-5-3-4-6-10(14)15/h9H,3-8H2,1-2H3,(H,14,15)(H2,12,13,16). The average Bonchev–Trinajstić information content (AvgIpc) is 2.23. The molecule has 2 amide bonds. The maximum absolute atomic E-state index is 11.3. The molecule has 6 nitrogen and oxygen atoms in total. The first-order valence-corrected chi connectivity index (χ1v) is 5.81. The van der Waals surface area contributed by atoms with Gasteiger partial charge >= 0.3 is 12.0 Å². The lowest BCUT2D eigenvalue weighted by Gasteiger charge is -2.13. The molecule has 0 aromatic rings. The van der Waals surface area contributed by atoms with Crippen LogP contribution in [0.3, 0.4) is 0 Å². The Bertz CT molecular complexity index is 234. The highest BCUT2D eigenvalue weighted by Gasteiger charge is 2.05. The summed E-state index contributed by atoms with van der Waals surface area (Å²) in [6.07, 6.45) is 2.44. The van der Waals surface area contributed by atoms with E-state index in [9.17, 15) is 9.59 Å². The van der Waals surface area contributed by atoms with Crippen LogP contribution in [-0.2, 0) is 9.53 Å². The third-order valence-electron chi connectivity index (χ3n) is 2.15. The highest BCUT2D eigenvalue weighted by Crippen LogP contribution is 1.98. The number of nitrogens with one attached hydrogen (secondary N) is 2. The van der Waals surface area contributed by atoms with Gasteiger partial charge in [0.15, 0.2) is 0 Å². The van der Waals surface area contributed by atoms with Crippen LogP contribution in [0.1, 0.15) is 32.6 Å². The van der Waals surface area contributed by atoms with E-state index in [1.54, 1.807) is 7.11 Å². The van der Waals surface area contributed by atoms with E-state index >= 15 is 0 Å². The number of aliphatic carboxylic acids is 1. The van der Waals surface area contributed by atoms with Gasteiger partial charge in [0.2, 0.25) is 0 Å². The van der Waals surface area contributed by atoms with Crippen molar-refractivity contribution in [3.63, 3.8) is 0 Å². The summed E-state index contributed by atoms with van der Waals surface area (Å²) < 4.78 is 4.89. The van der Waals surface area contributed by atoms with Crippen molar-refractivity contribution in [2.45, 2.75) is 38.6 Å². The van der Waals surface area contributed by atoms with Crippen LogP contribution in [0.5, 0.6) is 0 Å². The van der Waals surface area contributed by atoms with Gasteiger partial charge < -0.3 is 20.5 Å². The van der Waals surface area contributed by atoms with Crippen LogP contribution >= 0.6 is 0 Å². The Morgan fingerprint density at radius 3 is 2.59 bits per heavy atom. The van der Waals surface area contributed by atoms with Gasteiger partial charge in [-0.2, -0.15) is 0 Å². The molecular weight excluding hydrogens is 224 g/mol. The molecule has 0 saturated carbocycles. The quantitative estimate of drug-likeness (QED) is 0.529. The van der Waals surface area contributed by atoms with Crippen LogP contribution in [-0.4, -0.2) is 43.4 Å². The summed E-state index contributed by atoms with van der Waals surface area (Å²) in [5.41, 5.74) is 0. The fraction of sp³-hybridized carbons (Fsp3) is 0.818. The van der Waals surface area contributed by atoms with Gasteiger partial charge in [0, 0.05) is 20.1 Å². The van der Waals surface area contributed by atoms with Crippen molar-refractivity contribution in [2.24, 2.45) is 0 Å². The van der Waals surface area contributed by atoms with Gasteiger partial charge in [-0.25, -0.2) is 4.79 Å². The van der Waals surface area contributed by atoms with E-state index in [1.165, 1.54) is 0 Å². The number of carboxylic acids is 1. The second kappa shape index (κ2) is 9.89. The van der Waals surface area contributed by atoms with Gasteiger partial charge in [-0.1, -0.05) is 6.42 Å². The van der Waals surface area contributed by atoms with Crippen LogP contribution in [0.2, 0.25) is 0 Å². The van der Waals surface area contributed by atoms with Crippen LogP contribution in [0, 0.1) is 0 Å². The molecule has 0 radical (unpaired) electrons. The lowest BCUT2D eigenvalue weighted by Crippen LogP contribution is -2.42. The number of rotatable bonds is 9. The second-order valence-electron chi connectivity index (χ2n) is 3.96. The molecule has 0 aliphatic heterocycles. The van der Waals surface area contributed by atoms with Crippen LogP contribution in [0.25, 0.3) is 0 Å². The molecule has 100 valence electrons. The lowest BCUT2D eigenvalue weighted by molar-refractivity contribution is -0.137. The Hall–Kier alpha value is -1.30. The van der Waals surface area contributed by atoms with E-state index in [4.69, 9.17) is 9.84 Å². The Labute approximate surface area is 102 Å². The molecule has 0 aliphatic carbocycles. The zero-order valence-electron chi connectivity index (χ0n) is 10.5. The van der Waals surface area contributed by atoms with Gasteiger partial charge in [-0.15, -0.1) is 0 Å². The molecule has 0 aliphatic rings. The molecule has 3 N–H and O–H groups in total. The predicted octanol–water partition coefficient (Wildman–Crippen LogP) is 0.965. The first-order chi connectivity index (χ1) is 8.06. The molecule has 0 heterocycles. The van der Waals surface area contributed by atoms with Crippen molar-refractivity contribution in [3.8, 4) is 0 Å². The SMILES string of the molecule is COCC(C)NC(=O)NCCCCCC(=O)O. The largest absolute Gasteiger partial charge is 0.481 e. The molecule has 0 rings (SSSR count). The number of urea groups is 1. The Balaban J connectivity index is 3.36. The lowest BCUT2D eigenvalue weighted by atomic mass is 10.2. The van der Waals surface area contributed by atoms with Gasteiger partial charge in [0.05, 0.1) is 12.6 Å². The molecule has 0 bridgehead atoms. The zero-order chi connectivity index (χ0) is 13.1. The summed E-state index contributed by atoms with van der Waals surface area (Å²) in [5, 5.41) is 13.8. The van der Waals surface area contributed by atoms with Crippen molar-refractivity contribution >= 4 is 12.0 Å². The van der Waals surface area contributed by atoms with Crippen LogP contribution in [0.4, 0.5) is 4.79 Å². The normalized spacial score (nSPS) is 11.9. The van der Waals surface area contributed by atoms with E-state index in [0.29, 0.717) is 19.6 Å². The molecule has 0 aromatic carbocycles. The number of amides is 2. The molecule has 17 heavy (non-hydrogen) atoms. The maximum Gasteiger partial charge on any atom is 0.315 e. The number of carbonyl (C=O) groups excluding carboxylic acids is 1. The average molecular weight is 246 g/mol. The van der Waals surface area contributed by atoms with Crippen LogP contribution < -0.4 is 10.6 Å². The number of carbonyl (C=O) groups is 2. The van der Waals surface area contributed by atoms with Crippen molar-refractivity contribution in [1.29, 1.82) is 0 Å². The monoisotopic (exact) mass is 246 g/mol. The third kappa shape index (κ3) is 11.0. The predicted molar refractivity (Wildman–Crippen MR) is 64.0 cm³/mol. The van der Waals surface area contributed by atoms with Gasteiger partial charge in [0.25, 0.3) is 0 Å². The minimum absolute atomic E-state index is 0.0213. The second-order valence-corrected chi connectivity index (χ2v) is 3.96. The highest BCUT2D eigenvalue weighted by molar-refractivity contribution is 5.74. The summed E-state index contributed by atoms with van der Waals surface area (Å²) in [5.74, 6) is -0.774. The number of methoxy groups -OCH3 is 1. The first-order valence-electron chi connectivity index (χ1n) is 5.81. The molecule has 0 saturated heterocycles. The summed E-state index contributed by atoms with van der Waals surface area (Å²) in [6.45, 7) is 2.90. The summed E-state index contributed by atoms with van der Waals surface area (Å²) >= 11 is 0. The molecule has 0 spiro atoms. The Kier molecular flexibility index (Phi) is 9.14. The van der Waals surface area contributed by atoms with Crippen molar-refractivity contribution < 1.29 is 19.4 Å². The zero-order valence-corrected chi connectivity index (χ0v) is 10.5. The number of carboxylic acid groups (broad SMARTS) is 1. The van der Waals surface area contributed by atoms with Crippen molar-refractivity contribution in [1.82, 2.24) is 10.6 Å². The number of unbranched alkanes of at least 4 members (excludes halogenated alkanes) is 2.